The summed E-state index contributed by atoms with van der Waals surface area (Å²) >= 11 is 0. The number of hydrogen-bond acceptors (Lipinski definition) is 2. The summed E-state index contributed by atoms with van der Waals surface area (Å²) in [5.41, 5.74) is 0.224. The lowest BCUT2D eigenvalue weighted by Gasteiger charge is -2.37. The van der Waals surface area contributed by atoms with Gasteiger partial charge in [-0.3, -0.25) is 4.90 Å². The quantitative estimate of drug-likeness (QED) is 0.735. The van der Waals surface area contributed by atoms with Gasteiger partial charge in [0.25, 0.3) is 0 Å². The van der Waals surface area contributed by atoms with Crippen molar-refractivity contribution < 1.29 is 0 Å². The van der Waals surface area contributed by atoms with Crippen LogP contribution in [0.15, 0.2) is 0 Å². The average Bonchev–Trinajstić information content (AvgIpc) is 2.25. The molecule has 0 heterocycles. The smallest absolute Gasteiger partial charge is 0.0107 e. The molecule has 104 valence electrons. The van der Waals surface area contributed by atoms with E-state index in [0.717, 1.165) is 13.1 Å². The van der Waals surface area contributed by atoms with E-state index >= 15 is 0 Å². The Bertz CT molecular complexity index is 196. The maximum atomic E-state index is 3.61. The van der Waals surface area contributed by atoms with E-state index in [1.54, 1.807) is 0 Å². The number of nitrogens with one attached hydrogen (secondary N) is 1. The molecule has 1 N–H and O–H groups in total. The van der Waals surface area contributed by atoms with Gasteiger partial charge in [0.05, 0.1) is 0 Å². The monoisotopic (exact) mass is 242 g/mol. The van der Waals surface area contributed by atoms with Crippen LogP contribution in [0.5, 0.6) is 0 Å². The van der Waals surface area contributed by atoms with Gasteiger partial charge >= 0.3 is 0 Å². The molecule has 0 aromatic heterocycles. The van der Waals surface area contributed by atoms with Crippen molar-refractivity contribution in [2.24, 2.45) is 5.92 Å². The molecule has 0 radical (unpaired) electrons. The molecule has 2 heteroatoms. The maximum Gasteiger partial charge on any atom is 0.0107 e. The fraction of sp³-hybridized carbons (Fsp3) is 1.00. The van der Waals surface area contributed by atoms with Gasteiger partial charge in [0, 0.05) is 17.6 Å². The first-order valence-electron chi connectivity index (χ1n) is 7.23. The summed E-state index contributed by atoms with van der Waals surface area (Å²) in [5, 5.41) is 3.61. The minimum atomic E-state index is 0.224. The Hall–Kier alpha value is -0.0800. The minimum Gasteiger partial charge on any atom is -0.312 e. The van der Waals surface area contributed by atoms with E-state index in [1.165, 1.54) is 6.42 Å². The second-order valence-electron chi connectivity index (χ2n) is 6.44. The third-order valence-electron chi connectivity index (χ3n) is 3.82. The standard InChI is InChI=1S/C15H34N2/c1-9-13(4)17(10-2)14(5)12(3)11-16-15(6,7)8/h12-14,16H,9-11H2,1-8H3. The van der Waals surface area contributed by atoms with Crippen LogP contribution in [0, 0.1) is 5.92 Å². The van der Waals surface area contributed by atoms with Crippen molar-refractivity contribution in [1.29, 1.82) is 0 Å². The third-order valence-corrected chi connectivity index (χ3v) is 3.82. The molecule has 0 fully saturated rings. The van der Waals surface area contributed by atoms with Crippen LogP contribution in [0.25, 0.3) is 0 Å². The van der Waals surface area contributed by atoms with Gasteiger partial charge in [-0.1, -0.05) is 20.8 Å². The van der Waals surface area contributed by atoms with E-state index in [9.17, 15) is 0 Å². The largest absolute Gasteiger partial charge is 0.312 e. The second kappa shape index (κ2) is 7.38. The van der Waals surface area contributed by atoms with Crippen molar-refractivity contribution >= 4 is 0 Å². The lowest BCUT2D eigenvalue weighted by atomic mass is 9.98. The SMILES string of the molecule is CCC(C)N(CC)C(C)C(C)CNC(C)(C)C. The third kappa shape index (κ3) is 6.42. The molecule has 0 aliphatic carbocycles. The van der Waals surface area contributed by atoms with E-state index < -0.39 is 0 Å². The zero-order valence-electron chi connectivity index (χ0n) is 13.3. The fourth-order valence-corrected chi connectivity index (χ4v) is 2.20. The molecule has 17 heavy (non-hydrogen) atoms. The van der Waals surface area contributed by atoms with Gasteiger partial charge in [0.1, 0.15) is 0 Å². The summed E-state index contributed by atoms with van der Waals surface area (Å²) in [6.45, 7) is 20.5. The van der Waals surface area contributed by atoms with Crippen LogP contribution in [0.3, 0.4) is 0 Å². The normalized spacial score (nSPS) is 18.2. The molecule has 0 bridgehead atoms. The van der Waals surface area contributed by atoms with Gasteiger partial charge in [-0.2, -0.15) is 0 Å². The van der Waals surface area contributed by atoms with Crippen LogP contribution in [-0.2, 0) is 0 Å². The number of nitrogens with zero attached hydrogens (tertiary/aromatic N) is 1. The Morgan fingerprint density at radius 3 is 1.94 bits per heavy atom. The summed E-state index contributed by atoms with van der Waals surface area (Å²) in [5.74, 6) is 0.683. The Morgan fingerprint density at radius 1 is 1.06 bits per heavy atom. The van der Waals surface area contributed by atoms with Crippen molar-refractivity contribution in [1.82, 2.24) is 10.2 Å². The molecular formula is C15H34N2. The predicted molar refractivity (Wildman–Crippen MR) is 78.5 cm³/mol. The summed E-state index contributed by atoms with van der Waals surface area (Å²) in [7, 11) is 0. The van der Waals surface area contributed by atoms with E-state index in [0.29, 0.717) is 18.0 Å². The van der Waals surface area contributed by atoms with Crippen LogP contribution in [0.1, 0.15) is 61.8 Å². The van der Waals surface area contributed by atoms with Gasteiger partial charge in [-0.05, 0) is 60.0 Å². The van der Waals surface area contributed by atoms with E-state index in [-0.39, 0.29) is 5.54 Å². The molecular weight excluding hydrogens is 208 g/mol. The first-order valence-corrected chi connectivity index (χ1v) is 7.23. The van der Waals surface area contributed by atoms with Crippen LogP contribution < -0.4 is 5.32 Å². The molecule has 0 saturated heterocycles. The van der Waals surface area contributed by atoms with Crippen molar-refractivity contribution in [3.8, 4) is 0 Å². The fourth-order valence-electron chi connectivity index (χ4n) is 2.20. The van der Waals surface area contributed by atoms with E-state index in [1.807, 2.05) is 0 Å². The van der Waals surface area contributed by atoms with Crippen LogP contribution in [0.4, 0.5) is 0 Å². The van der Waals surface area contributed by atoms with Crippen molar-refractivity contribution in [2.75, 3.05) is 13.1 Å². The molecule has 0 spiro atoms. The molecule has 0 aromatic rings. The molecule has 2 nitrogen and oxygen atoms in total. The highest BCUT2D eigenvalue weighted by Crippen LogP contribution is 2.16. The molecule has 0 saturated carbocycles. The lowest BCUT2D eigenvalue weighted by Crippen LogP contribution is -2.48. The van der Waals surface area contributed by atoms with Gasteiger partial charge in [0.15, 0.2) is 0 Å². The first kappa shape index (κ1) is 16.9. The first-order chi connectivity index (χ1) is 7.72. The summed E-state index contributed by atoms with van der Waals surface area (Å²) < 4.78 is 0. The highest BCUT2D eigenvalue weighted by molar-refractivity contribution is 4.80. The van der Waals surface area contributed by atoms with Crippen molar-refractivity contribution in [2.45, 2.75) is 79.4 Å². The summed E-state index contributed by atoms with van der Waals surface area (Å²) in [6, 6.07) is 1.33. The molecule has 0 amide bonds. The zero-order valence-corrected chi connectivity index (χ0v) is 13.3. The molecule has 0 rings (SSSR count). The number of rotatable bonds is 7. The molecule has 0 aliphatic rings. The van der Waals surface area contributed by atoms with Crippen LogP contribution >= 0.6 is 0 Å². The second-order valence-corrected chi connectivity index (χ2v) is 6.44. The molecule has 0 aliphatic heterocycles. The predicted octanol–water partition coefficient (Wildman–Crippen LogP) is 3.52. The molecule has 3 unspecified atom stereocenters. The highest BCUT2D eigenvalue weighted by Gasteiger charge is 2.23. The Morgan fingerprint density at radius 2 is 1.59 bits per heavy atom. The minimum absolute atomic E-state index is 0.224. The van der Waals surface area contributed by atoms with Gasteiger partial charge in [0.2, 0.25) is 0 Å². The van der Waals surface area contributed by atoms with Gasteiger partial charge in [-0.25, -0.2) is 0 Å². The zero-order chi connectivity index (χ0) is 13.6. The molecule has 3 atom stereocenters. The Kier molecular flexibility index (Phi) is 7.34. The summed E-state index contributed by atoms with van der Waals surface area (Å²) in [6.07, 6.45) is 1.23. The maximum absolute atomic E-state index is 3.61. The van der Waals surface area contributed by atoms with Crippen LogP contribution in [0.2, 0.25) is 0 Å². The summed E-state index contributed by atoms with van der Waals surface area (Å²) in [4.78, 5) is 2.62. The van der Waals surface area contributed by atoms with Crippen molar-refractivity contribution in [3.05, 3.63) is 0 Å². The number of hydrogen-bond donors (Lipinski definition) is 1. The van der Waals surface area contributed by atoms with Gasteiger partial charge in [-0.15, -0.1) is 0 Å². The highest BCUT2D eigenvalue weighted by atomic mass is 15.2. The van der Waals surface area contributed by atoms with E-state index in [2.05, 4.69) is 65.6 Å². The Labute approximate surface area is 109 Å². The average molecular weight is 242 g/mol. The van der Waals surface area contributed by atoms with E-state index in [4.69, 9.17) is 0 Å². The molecule has 0 aromatic carbocycles. The lowest BCUT2D eigenvalue weighted by molar-refractivity contribution is 0.116. The topological polar surface area (TPSA) is 15.3 Å². The van der Waals surface area contributed by atoms with Crippen LogP contribution in [-0.4, -0.2) is 35.6 Å². The van der Waals surface area contributed by atoms with Gasteiger partial charge < -0.3 is 5.32 Å². The van der Waals surface area contributed by atoms with Crippen molar-refractivity contribution in [3.63, 3.8) is 0 Å². The Balaban J connectivity index is 4.31.